The lowest BCUT2D eigenvalue weighted by atomic mass is 10.3. The number of rotatable bonds is 3. The van der Waals surface area contributed by atoms with Crippen molar-refractivity contribution < 1.29 is 0 Å². The van der Waals surface area contributed by atoms with Gasteiger partial charge in [0.2, 0.25) is 0 Å². The van der Waals surface area contributed by atoms with Crippen molar-refractivity contribution in [1.29, 1.82) is 0 Å². The Morgan fingerprint density at radius 2 is 2.10 bits per heavy atom. The van der Waals surface area contributed by atoms with Gasteiger partial charge in [-0.3, -0.25) is 0 Å². The Balaban J connectivity index is 3.37. The fourth-order valence-corrected chi connectivity index (χ4v) is 0.474. The fraction of sp³-hybridized carbons (Fsp3) is 0.200. The molecule has 0 aromatic heterocycles. The molecule has 0 spiro atoms. The van der Waals surface area contributed by atoms with Gasteiger partial charge in [0, 0.05) is 0 Å². The second-order valence-corrected chi connectivity index (χ2v) is 1.74. The second-order valence-electron chi connectivity index (χ2n) is 1.74. The van der Waals surface area contributed by atoms with Crippen molar-refractivity contribution in [2.75, 3.05) is 0 Å². The molecule has 0 saturated heterocycles. The van der Waals surface area contributed by atoms with Gasteiger partial charge in [-0.1, -0.05) is 36.3 Å². The van der Waals surface area contributed by atoms with Crippen LogP contribution in [-0.4, -0.2) is 0 Å². The maximum Gasteiger partial charge on any atom is -0.0102 e. The third-order valence-corrected chi connectivity index (χ3v) is 0.913. The predicted molar refractivity (Wildman–Crippen MR) is 44.8 cm³/mol. The van der Waals surface area contributed by atoms with E-state index in [1.165, 1.54) is 0 Å². The van der Waals surface area contributed by atoms with Crippen molar-refractivity contribution in [2.45, 2.75) is 13.3 Å². The summed E-state index contributed by atoms with van der Waals surface area (Å²) in [4.78, 5) is 0. The Labute approximate surface area is 63.0 Å². The molecule has 0 N–H and O–H groups in total. The Morgan fingerprint density at radius 3 is 2.70 bits per heavy atom. The molecule has 0 heterocycles. The highest BCUT2D eigenvalue weighted by Gasteiger charge is 1.65. The maximum atomic E-state index is 6.54. The lowest BCUT2D eigenvalue weighted by Gasteiger charge is -1.75. The van der Waals surface area contributed by atoms with Gasteiger partial charge in [0.15, 0.2) is 0 Å². The lowest BCUT2D eigenvalue weighted by molar-refractivity contribution is 1.40. The zero-order chi connectivity index (χ0) is 7.66. The molecule has 0 saturated carbocycles. The third-order valence-electron chi connectivity index (χ3n) is 0.913. The SMILES string of the molecule is [C]#CC=CCC=CC=CC. The van der Waals surface area contributed by atoms with Gasteiger partial charge in [-0.15, -0.1) is 0 Å². The largest absolute Gasteiger partial charge is 0.0877 e. The minimum absolute atomic E-state index is 0.871. The van der Waals surface area contributed by atoms with Gasteiger partial charge in [-0.2, -0.15) is 0 Å². The second kappa shape index (κ2) is 7.78. The molecular formula is C10H11. The average molecular weight is 131 g/mol. The standard InChI is InChI=1S/C10H11/c1-3-5-7-9-10-8-6-4-2/h3,5-9H,10H2,1H3. The van der Waals surface area contributed by atoms with Crippen LogP contribution in [0.4, 0.5) is 0 Å². The van der Waals surface area contributed by atoms with E-state index in [4.69, 9.17) is 6.42 Å². The molecule has 0 heteroatoms. The van der Waals surface area contributed by atoms with Gasteiger partial charge in [0.05, 0.1) is 0 Å². The van der Waals surface area contributed by atoms with E-state index in [-0.39, 0.29) is 0 Å². The van der Waals surface area contributed by atoms with E-state index in [9.17, 15) is 0 Å². The van der Waals surface area contributed by atoms with E-state index in [1.54, 1.807) is 6.08 Å². The molecule has 0 unspecified atom stereocenters. The van der Waals surface area contributed by atoms with Crippen molar-refractivity contribution in [1.82, 2.24) is 0 Å². The highest BCUT2D eigenvalue weighted by molar-refractivity contribution is 5.09. The highest BCUT2D eigenvalue weighted by atomic mass is 13.7. The normalized spacial score (nSPS) is 11.6. The summed E-state index contributed by atoms with van der Waals surface area (Å²) >= 11 is 0. The van der Waals surface area contributed by atoms with Gasteiger partial charge in [0.1, 0.15) is 0 Å². The molecule has 1 radical (unpaired) electrons. The summed E-state index contributed by atoms with van der Waals surface area (Å²) in [5.41, 5.74) is 0. The van der Waals surface area contributed by atoms with Gasteiger partial charge in [0.25, 0.3) is 0 Å². The summed E-state index contributed by atoms with van der Waals surface area (Å²) in [7, 11) is 0. The van der Waals surface area contributed by atoms with Crippen LogP contribution in [0.1, 0.15) is 13.3 Å². The van der Waals surface area contributed by atoms with Crippen molar-refractivity contribution in [3.8, 4) is 5.92 Å². The number of hydrogen-bond donors (Lipinski definition) is 0. The van der Waals surface area contributed by atoms with Crippen molar-refractivity contribution >= 4 is 0 Å². The highest BCUT2D eigenvalue weighted by Crippen LogP contribution is 1.85. The van der Waals surface area contributed by atoms with E-state index >= 15 is 0 Å². The maximum absolute atomic E-state index is 6.54. The summed E-state index contributed by atoms with van der Waals surface area (Å²) in [6.45, 7) is 1.98. The molecule has 0 atom stereocenters. The lowest BCUT2D eigenvalue weighted by Crippen LogP contribution is -1.55. The molecule has 0 aromatic rings. The van der Waals surface area contributed by atoms with Crippen molar-refractivity contribution in [3.63, 3.8) is 0 Å². The molecule has 0 amide bonds. The summed E-state index contributed by atoms with van der Waals surface area (Å²) in [5.74, 6) is 2.18. The number of hydrogen-bond acceptors (Lipinski definition) is 0. The quantitative estimate of drug-likeness (QED) is 0.408. The summed E-state index contributed by atoms with van der Waals surface area (Å²) < 4.78 is 0. The molecule has 51 valence electrons. The van der Waals surface area contributed by atoms with E-state index in [0.29, 0.717) is 0 Å². The van der Waals surface area contributed by atoms with E-state index in [1.807, 2.05) is 37.3 Å². The Bertz CT molecular complexity index is 175. The smallest absolute Gasteiger partial charge is 0.0102 e. The average Bonchev–Trinajstić information content (AvgIpc) is 1.97. The summed E-state index contributed by atoms with van der Waals surface area (Å²) in [6.07, 6.45) is 18.8. The first-order valence-electron chi connectivity index (χ1n) is 3.27. The first kappa shape index (κ1) is 8.78. The predicted octanol–water partition coefficient (Wildman–Crippen LogP) is 2.65. The van der Waals surface area contributed by atoms with Crippen LogP contribution in [0.5, 0.6) is 0 Å². The first-order valence-corrected chi connectivity index (χ1v) is 3.27. The van der Waals surface area contributed by atoms with Gasteiger partial charge in [-0.25, -0.2) is 0 Å². The summed E-state index contributed by atoms with van der Waals surface area (Å²) in [5, 5.41) is 0. The number of allylic oxidation sites excluding steroid dienone is 6. The molecule has 0 nitrogen and oxygen atoms in total. The molecule has 0 fully saturated rings. The minimum atomic E-state index is 0.871. The van der Waals surface area contributed by atoms with Crippen LogP contribution in [0.2, 0.25) is 0 Å². The van der Waals surface area contributed by atoms with Crippen LogP contribution in [0.3, 0.4) is 0 Å². The van der Waals surface area contributed by atoms with Crippen LogP contribution in [0.15, 0.2) is 36.5 Å². The van der Waals surface area contributed by atoms with Crippen molar-refractivity contribution in [3.05, 3.63) is 42.9 Å². The zero-order valence-electron chi connectivity index (χ0n) is 6.17. The van der Waals surface area contributed by atoms with E-state index in [0.717, 1.165) is 6.42 Å². The van der Waals surface area contributed by atoms with Crippen LogP contribution in [0, 0.1) is 12.3 Å². The molecular weight excluding hydrogens is 120 g/mol. The van der Waals surface area contributed by atoms with Crippen LogP contribution in [0.25, 0.3) is 0 Å². The molecule has 0 aliphatic carbocycles. The molecule has 0 aromatic carbocycles. The minimum Gasteiger partial charge on any atom is -0.0877 e. The monoisotopic (exact) mass is 131 g/mol. The molecule has 0 bridgehead atoms. The third kappa shape index (κ3) is 6.78. The zero-order valence-corrected chi connectivity index (χ0v) is 6.17. The molecule has 0 aliphatic heterocycles. The summed E-state index contributed by atoms with van der Waals surface area (Å²) in [6, 6.07) is 0. The van der Waals surface area contributed by atoms with Gasteiger partial charge in [-0.05, 0) is 25.8 Å². The van der Waals surface area contributed by atoms with Gasteiger partial charge >= 0.3 is 0 Å². The van der Waals surface area contributed by atoms with Crippen molar-refractivity contribution in [2.24, 2.45) is 0 Å². The Morgan fingerprint density at radius 1 is 1.30 bits per heavy atom. The molecule has 10 heavy (non-hydrogen) atoms. The van der Waals surface area contributed by atoms with E-state index in [2.05, 4.69) is 5.92 Å². The Hall–Kier alpha value is -1.22. The van der Waals surface area contributed by atoms with Crippen LogP contribution >= 0.6 is 0 Å². The fourth-order valence-electron chi connectivity index (χ4n) is 0.474. The molecule has 0 rings (SSSR count). The first-order chi connectivity index (χ1) is 4.91. The van der Waals surface area contributed by atoms with E-state index < -0.39 is 0 Å². The topological polar surface area (TPSA) is 0 Å². The molecule has 0 aliphatic rings. The van der Waals surface area contributed by atoms with Gasteiger partial charge < -0.3 is 0 Å². The van der Waals surface area contributed by atoms with Crippen LogP contribution in [-0.2, 0) is 0 Å². The Kier molecular flexibility index (Phi) is 6.83. The van der Waals surface area contributed by atoms with Crippen LogP contribution < -0.4 is 0 Å².